The molecule has 25 heavy (non-hydrogen) atoms. The molecule has 3 aliphatic rings. The van der Waals surface area contributed by atoms with Crippen molar-refractivity contribution >= 4 is 6.09 Å². The van der Waals surface area contributed by atoms with Crippen LogP contribution in [-0.2, 0) is 14.2 Å². The molecule has 3 rings (SSSR count). The largest absolute Gasteiger partial charge is 0.453 e. The van der Waals surface area contributed by atoms with Gasteiger partial charge in [-0.25, -0.2) is 4.79 Å². The van der Waals surface area contributed by atoms with Crippen LogP contribution in [0.5, 0.6) is 0 Å². The lowest BCUT2D eigenvalue weighted by molar-refractivity contribution is -0.183. The third-order valence-electron chi connectivity index (χ3n) is 6.23. The van der Waals surface area contributed by atoms with Crippen molar-refractivity contribution in [3.63, 3.8) is 0 Å². The lowest BCUT2D eigenvalue weighted by Crippen LogP contribution is -2.44. The molecule has 1 saturated carbocycles. The molecule has 6 nitrogen and oxygen atoms in total. The first-order chi connectivity index (χ1) is 12.2. The van der Waals surface area contributed by atoms with Crippen molar-refractivity contribution in [3.05, 3.63) is 0 Å². The molecule has 3 fully saturated rings. The van der Waals surface area contributed by atoms with Gasteiger partial charge in [0.2, 0.25) is 0 Å². The Balaban J connectivity index is 1.36. The van der Waals surface area contributed by atoms with Gasteiger partial charge in [-0.3, -0.25) is 0 Å². The highest BCUT2D eigenvalue weighted by Gasteiger charge is 2.41. The van der Waals surface area contributed by atoms with Crippen LogP contribution < -0.4 is 0 Å². The summed E-state index contributed by atoms with van der Waals surface area (Å²) in [5.41, 5.74) is 0. The summed E-state index contributed by atoms with van der Waals surface area (Å²) in [5, 5.41) is 0. The molecule has 1 unspecified atom stereocenters. The van der Waals surface area contributed by atoms with Crippen LogP contribution in [-0.4, -0.2) is 74.2 Å². The fraction of sp³-hybridized carbons (Fsp3) is 0.947. The fourth-order valence-corrected chi connectivity index (χ4v) is 4.74. The maximum Gasteiger partial charge on any atom is 0.409 e. The zero-order valence-electron chi connectivity index (χ0n) is 15.9. The van der Waals surface area contributed by atoms with E-state index < -0.39 is 0 Å². The molecule has 0 aromatic carbocycles. The smallest absolute Gasteiger partial charge is 0.409 e. The Labute approximate surface area is 151 Å². The van der Waals surface area contributed by atoms with Crippen molar-refractivity contribution in [2.45, 2.75) is 63.7 Å². The Hall–Kier alpha value is -0.850. The Morgan fingerprint density at radius 2 is 1.96 bits per heavy atom. The highest BCUT2D eigenvalue weighted by atomic mass is 16.7. The van der Waals surface area contributed by atoms with E-state index in [4.69, 9.17) is 14.2 Å². The van der Waals surface area contributed by atoms with E-state index in [1.807, 2.05) is 4.90 Å². The Kier molecular flexibility index (Phi) is 6.58. The molecular formula is C19H34N2O4. The zero-order valence-corrected chi connectivity index (χ0v) is 15.9. The van der Waals surface area contributed by atoms with Crippen molar-refractivity contribution in [1.82, 2.24) is 9.80 Å². The van der Waals surface area contributed by atoms with Crippen LogP contribution in [0.2, 0.25) is 0 Å². The van der Waals surface area contributed by atoms with Crippen molar-refractivity contribution < 1.29 is 19.0 Å². The third kappa shape index (κ3) is 4.66. The van der Waals surface area contributed by atoms with Crippen molar-refractivity contribution in [3.8, 4) is 0 Å². The van der Waals surface area contributed by atoms with Crippen molar-refractivity contribution in [2.75, 3.05) is 46.5 Å². The summed E-state index contributed by atoms with van der Waals surface area (Å²) in [6, 6.07) is 0.665. The molecule has 1 atom stereocenters. The summed E-state index contributed by atoms with van der Waals surface area (Å²) in [4.78, 5) is 16.0. The second-order valence-corrected chi connectivity index (χ2v) is 7.68. The standard InChI is InChI=1S/C19H34N2O4/c1-3-20(17-6-9-19(10-7-17)24-13-14-25-19)11-4-5-16-8-12-21(15-16)18(22)23-2/h16-17H,3-15H2,1-2H3. The molecule has 2 saturated heterocycles. The summed E-state index contributed by atoms with van der Waals surface area (Å²) in [6.45, 7) is 7.75. The minimum absolute atomic E-state index is 0.176. The van der Waals surface area contributed by atoms with Crippen LogP contribution in [0.15, 0.2) is 0 Å². The summed E-state index contributed by atoms with van der Waals surface area (Å²) in [5.74, 6) is 0.379. The monoisotopic (exact) mass is 354 g/mol. The molecule has 1 amide bonds. The summed E-state index contributed by atoms with van der Waals surface area (Å²) >= 11 is 0. The average Bonchev–Trinajstić information content (AvgIpc) is 3.29. The van der Waals surface area contributed by atoms with E-state index in [-0.39, 0.29) is 11.9 Å². The van der Waals surface area contributed by atoms with E-state index in [1.165, 1.54) is 32.8 Å². The first-order valence-electron chi connectivity index (χ1n) is 10.0. The number of likely N-dealkylation sites (tertiary alicyclic amines) is 1. The second-order valence-electron chi connectivity index (χ2n) is 7.68. The Morgan fingerprint density at radius 1 is 1.24 bits per heavy atom. The first-order valence-corrected chi connectivity index (χ1v) is 10.0. The molecule has 2 aliphatic heterocycles. The normalized spacial score (nSPS) is 26.7. The van der Waals surface area contributed by atoms with E-state index in [2.05, 4.69) is 11.8 Å². The van der Waals surface area contributed by atoms with Gasteiger partial charge >= 0.3 is 6.09 Å². The topological polar surface area (TPSA) is 51.2 Å². The predicted molar refractivity (Wildman–Crippen MR) is 95.5 cm³/mol. The lowest BCUT2D eigenvalue weighted by atomic mass is 9.89. The van der Waals surface area contributed by atoms with Crippen LogP contribution in [0.25, 0.3) is 0 Å². The minimum Gasteiger partial charge on any atom is -0.453 e. The van der Waals surface area contributed by atoms with Gasteiger partial charge in [-0.1, -0.05) is 6.92 Å². The van der Waals surface area contributed by atoms with E-state index in [0.29, 0.717) is 12.0 Å². The van der Waals surface area contributed by atoms with E-state index in [0.717, 1.165) is 58.7 Å². The van der Waals surface area contributed by atoms with Crippen molar-refractivity contribution in [2.24, 2.45) is 5.92 Å². The maximum absolute atomic E-state index is 11.6. The van der Waals surface area contributed by atoms with Gasteiger partial charge in [-0.05, 0) is 51.1 Å². The van der Waals surface area contributed by atoms with E-state index in [9.17, 15) is 4.79 Å². The van der Waals surface area contributed by atoms with Crippen LogP contribution in [0.3, 0.4) is 0 Å². The third-order valence-corrected chi connectivity index (χ3v) is 6.23. The van der Waals surface area contributed by atoms with Gasteiger partial charge in [0.05, 0.1) is 20.3 Å². The number of rotatable bonds is 6. The second kappa shape index (κ2) is 8.69. The van der Waals surface area contributed by atoms with Gasteiger partial charge in [0.1, 0.15) is 0 Å². The number of hydrogen-bond acceptors (Lipinski definition) is 5. The molecule has 0 radical (unpaired) electrons. The van der Waals surface area contributed by atoms with Gasteiger partial charge in [0, 0.05) is 32.0 Å². The number of carbonyl (C=O) groups is 1. The van der Waals surface area contributed by atoms with Crippen molar-refractivity contribution in [1.29, 1.82) is 0 Å². The van der Waals surface area contributed by atoms with Gasteiger partial charge in [0.15, 0.2) is 5.79 Å². The number of ether oxygens (including phenoxy) is 3. The van der Waals surface area contributed by atoms with Gasteiger partial charge in [0.25, 0.3) is 0 Å². The predicted octanol–water partition coefficient (Wildman–Crippen LogP) is 2.86. The maximum atomic E-state index is 11.6. The summed E-state index contributed by atoms with van der Waals surface area (Å²) in [7, 11) is 1.46. The SMILES string of the molecule is CCN(CCCC1CCN(C(=O)OC)C1)C1CCC2(CC1)OCCO2. The van der Waals surface area contributed by atoms with E-state index >= 15 is 0 Å². The first kappa shape index (κ1) is 18.9. The molecular weight excluding hydrogens is 320 g/mol. The zero-order chi connectivity index (χ0) is 17.7. The van der Waals surface area contributed by atoms with Crippen LogP contribution >= 0.6 is 0 Å². The molecule has 1 aliphatic carbocycles. The molecule has 0 N–H and O–H groups in total. The number of amides is 1. The summed E-state index contributed by atoms with van der Waals surface area (Å²) in [6.07, 6.45) is 7.76. The van der Waals surface area contributed by atoms with Gasteiger partial charge < -0.3 is 24.0 Å². The highest BCUT2D eigenvalue weighted by molar-refractivity contribution is 5.67. The molecule has 0 bridgehead atoms. The number of nitrogens with zero attached hydrogens (tertiary/aromatic N) is 2. The van der Waals surface area contributed by atoms with Crippen LogP contribution in [0.1, 0.15) is 51.9 Å². The molecule has 1 spiro atoms. The molecule has 0 aromatic heterocycles. The summed E-state index contributed by atoms with van der Waals surface area (Å²) < 4.78 is 16.5. The highest BCUT2D eigenvalue weighted by Crippen LogP contribution is 2.37. The molecule has 2 heterocycles. The molecule has 144 valence electrons. The quantitative estimate of drug-likeness (QED) is 0.734. The van der Waals surface area contributed by atoms with E-state index in [1.54, 1.807) is 0 Å². The Bertz CT molecular complexity index is 429. The molecule has 0 aromatic rings. The van der Waals surface area contributed by atoms with Crippen LogP contribution in [0, 0.1) is 5.92 Å². The molecule has 6 heteroatoms. The minimum atomic E-state index is -0.253. The fourth-order valence-electron chi connectivity index (χ4n) is 4.74. The number of hydrogen-bond donors (Lipinski definition) is 0. The van der Waals surface area contributed by atoms with Crippen LogP contribution in [0.4, 0.5) is 4.79 Å². The van der Waals surface area contributed by atoms with Gasteiger partial charge in [-0.2, -0.15) is 0 Å². The number of methoxy groups -OCH3 is 1. The van der Waals surface area contributed by atoms with Gasteiger partial charge in [-0.15, -0.1) is 0 Å². The Morgan fingerprint density at radius 3 is 2.60 bits per heavy atom. The lowest BCUT2D eigenvalue weighted by Gasteiger charge is -2.40. The number of carbonyl (C=O) groups excluding carboxylic acids is 1. The average molecular weight is 354 g/mol.